The minimum Gasteiger partial charge on any atom is -0.490 e. The smallest absolute Gasteiger partial charge is 0.422 e. The third-order valence-electron chi connectivity index (χ3n) is 5.72. The summed E-state index contributed by atoms with van der Waals surface area (Å²) in [7, 11) is -0.275. The molecule has 0 atom stereocenters. The maximum Gasteiger partial charge on any atom is 0.422 e. The number of hydrogen-bond donors (Lipinski definition) is 1. The first kappa shape index (κ1) is 28.0. The van der Waals surface area contributed by atoms with Crippen molar-refractivity contribution in [3.8, 4) is 11.5 Å². The summed E-state index contributed by atoms with van der Waals surface area (Å²) in [5, 5.41) is 3.60. The Morgan fingerprint density at radius 1 is 1.13 bits per heavy atom. The van der Waals surface area contributed by atoms with Crippen LogP contribution in [0.5, 0.6) is 11.5 Å². The van der Waals surface area contributed by atoms with Crippen molar-refractivity contribution in [2.24, 2.45) is 4.36 Å². The van der Waals surface area contributed by atoms with E-state index >= 15 is 0 Å². The molecule has 1 saturated heterocycles. The van der Waals surface area contributed by atoms with E-state index in [-0.39, 0.29) is 22.1 Å². The number of rotatable bonds is 9. The highest BCUT2D eigenvalue weighted by Gasteiger charge is 2.29. The summed E-state index contributed by atoms with van der Waals surface area (Å²) in [4.78, 5) is 11.0. The summed E-state index contributed by atoms with van der Waals surface area (Å²) in [6.45, 7) is 4.50. The molecule has 1 N–H and O–H groups in total. The molecule has 2 heterocycles. The topological polar surface area (TPSA) is 81.1 Å². The molecule has 1 aromatic heterocycles. The van der Waals surface area contributed by atoms with E-state index in [0.717, 1.165) is 37.3 Å². The first-order chi connectivity index (χ1) is 18.1. The number of aryl methyl sites for hydroxylation is 1. The Kier molecular flexibility index (Phi) is 9.00. The van der Waals surface area contributed by atoms with Crippen LogP contribution in [0.15, 0.2) is 35.0 Å². The molecule has 38 heavy (non-hydrogen) atoms. The highest BCUT2D eigenvalue weighted by Crippen LogP contribution is 2.40. The standard InChI is InChI=1S/C25H29F4N5O3S/c1-16-22-19(13-20(33-38(2)3)23(16)36-11-8-34-6-9-35-10-7-34)30-15-31-24(22)32-18-5-4-17(26)12-21(18)37-14-25(27,28)29/h4-5,12-13,15H,6-11,14H2,1-3H3,(H,30,31,32). The lowest BCUT2D eigenvalue weighted by Crippen LogP contribution is -2.38. The lowest BCUT2D eigenvalue weighted by Gasteiger charge is -2.26. The highest BCUT2D eigenvalue weighted by atomic mass is 32.2. The number of nitrogens with one attached hydrogen (secondary N) is 1. The van der Waals surface area contributed by atoms with Crippen LogP contribution < -0.4 is 14.8 Å². The molecule has 13 heteroatoms. The summed E-state index contributed by atoms with van der Waals surface area (Å²) in [5.74, 6) is -0.125. The fourth-order valence-electron chi connectivity index (χ4n) is 4.03. The Bertz CT molecular complexity index is 1310. The Morgan fingerprint density at radius 3 is 2.61 bits per heavy atom. The Balaban J connectivity index is 1.69. The van der Waals surface area contributed by atoms with E-state index in [1.54, 1.807) is 6.07 Å². The molecule has 0 saturated carbocycles. The number of fused-ring (bicyclic) bond motifs is 1. The third-order valence-corrected chi connectivity index (χ3v) is 6.29. The van der Waals surface area contributed by atoms with Gasteiger partial charge >= 0.3 is 6.18 Å². The molecular weight excluding hydrogens is 526 g/mol. The van der Waals surface area contributed by atoms with Crippen molar-refractivity contribution in [1.29, 1.82) is 0 Å². The lowest BCUT2D eigenvalue weighted by molar-refractivity contribution is -0.153. The van der Waals surface area contributed by atoms with Crippen LogP contribution >= 0.6 is 0 Å². The normalized spacial score (nSPS) is 14.6. The van der Waals surface area contributed by atoms with Crippen molar-refractivity contribution in [1.82, 2.24) is 14.9 Å². The molecule has 2 aromatic carbocycles. The molecule has 0 bridgehead atoms. The quantitative estimate of drug-likeness (QED) is 0.365. The molecular formula is C25H29F4N5O3S. The number of hydrogen-bond acceptors (Lipinski definition) is 8. The zero-order valence-electron chi connectivity index (χ0n) is 21.3. The van der Waals surface area contributed by atoms with Gasteiger partial charge in [0.2, 0.25) is 0 Å². The van der Waals surface area contributed by atoms with Gasteiger partial charge in [0.25, 0.3) is 0 Å². The fourth-order valence-corrected chi connectivity index (χ4v) is 4.56. The van der Waals surface area contributed by atoms with Gasteiger partial charge in [0.15, 0.2) is 6.61 Å². The summed E-state index contributed by atoms with van der Waals surface area (Å²) in [6, 6.07) is 5.12. The SMILES string of the molecule is Cc1c(OCCN2CCOCC2)c(N=S(C)C)cc2ncnc(Nc3ccc(F)cc3OCC(F)(F)F)c12. The van der Waals surface area contributed by atoms with E-state index in [9.17, 15) is 17.6 Å². The van der Waals surface area contributed by atoms with Crippen molar-refractivity contribution < 1.29 is 31.8 Å². The number of alkyl halides is 3. The Morgan fingerprint density at radius 2 is 1.89 bits per heavy atom. The Labute approximate surface area is 220 Å². The van der Waals surface area contributed by atoms with Gasteiger partial charge in [-0.05, 0) is 37.6 Å². The van der Waals surface area contributed by atoms with Crippen molar-refractivity contribution >= 4 is 38.8 Å². The van der Waals surface area contributed by atoms with E-state index in [4.69, 9.17) is 18.6 Å². The van der Waals surface area contributed by atoms with Gasteiger partial charge in [0, 0.05) is 36.7 Å². The zero-order valence-corrected chi connectivity index (χ0v) is 22.1. The molecule has 4 rings (SSSR count). The average molecular weight is 556 g/mol. The van der Waals surface area contributed by atoms with E-state index in [1.807, 2.05) is 19.4 Å². The number of ether oxygens (including phenoxy) is 3. The number of aromatic nitrogens is 2. The van der Waals surface area contributed by atoms with Crippen LogP contribution in [0.3, 0.4) is 0 Å². The van der Waals surface area contributed by atoms with Crippen LogP contribution in [-0.4, -0.2) is 79.6 Å². The molecule has 1 fully saturated rings. The monoisotopic (exact) mass is 555 g/mol. The lowest BCUT2D eigenvalue weighted by atomic mass is 10.1. The van der Waals surface area contributed by atoms with E-state index in [1.165, 1.54) is 12.4 Å². The van der Waals surface area contributed by atoms with Gasteiger partial charge in [-0.3, -0.25) is 4.90 Å². The van der Waals surface area contributed by atoms with Crippen LogP contribution in [0.2, 0.25) is 0 Å². The summed E-state index contributed by atoms with van der Waals surface area (Å²) in [5.41, 5.74) is 2.08. The fraction of sp³-hybridized carbons (Fsp3) is 0.440. The second-order valence-electron chi connectivity index (χ2n) is 8.80. The summed E-state index contributed by atoms with van der Waals surface area (Å²) in [6.07, 6.45) is 0.735. The second-order valence-corrected chi connectivity index (χ2v) is 10.5. The van der Waals surface area contributed by atoms with E-state index < -0.39 is 18.6 Å². The predicted octanol–water partition coefficient (Wildman–Crippen LogP) is 5.17. The molecule has 1 aliphatic rings. The molecule has 8 nitrogen and oxygen atoms in total. The van der Waals surface area contributed by atoms with Gasteiger partial charge in [-0.2, -0.15) is 13.2 Å². The van der Waals surface area contributed by atoms with E-state index in [0.29, 0.717) is 48.0 Å². The first-order valence-corrected chi connectivity index (χ1v) is 13.9. The minimum absolute atomic E-state index is 0.127. The molecule has 206 valence electrons. The molecule has 1 aliphatic heterocycles. The predicted molar refractivity (Wildman–Crippen MR) is 140 cm³/mol. The van der Waals surface area contributed by atoms with Crippen LogP contribution in [-0.2, 0) is 15.4 Å². The molecule has 0 unspecified atom stereocenters. The van der Waals surface area contributed by atoms with E-state index in [2.05, 4.69) is 20.2 Å². The zero-order chi connectivity index (χ0) is 27.3. The number of anilines is 2. The van der Waals surface area contributed by atoms with Gasteiger partial charge < -0.3 is 19.5 Å². The van der Waals surface area contributed by atoms with Crippen molar-refractivity contribution in [3.63, 3.8) is 0 Å². The summed E-state index contributed by atoms with van der Waals surface area (Å²) >= 11 is 0. The maximum absolute atomic E-state index is 13.8. The van der Waals surface area contributed by atoms with Crippen LogP contribution in [0.1, 0.15) is 5.56 Å². The number of morpholine rings is 1. The molecule has 0 amide bonds. The third kappa shape index (κ3) is 7.29. The van der Waals surface area contributed by atoms with Gasteiger partial charge in [0.1, 0.15) is 41.8 Å². The number of benzene rings is 2. The number of halogens is 4. The van der Waals surface area contributed by atoms with Gasteiger partial charge in [-0.1, -0.05) is 0 Å². The maximum atomic E-state index is 13.8. The average Bonchev–Trinajstić information content (AvgIpc) is 2.85. The van der Waals surface area contributed by atoms with Crippen molar-refractivity contribution in [3.05, 3.63) is 42.0 Å². The van der Waals surface area contributed by atoms with Gasteiger partial charge in [-0.25, -0.2) is 18.7 Å². The van der Waals surface area contributed by atoms with Gasteiger partial charge in [0.05, 0.1) is 24.4 Å². The largest absolute Gasteiger partial charge is 0.490 e. The van der Waals surface area contributed by atoms with Crippen LogP contribution in [0.4, 0.5) is 34.8 Å². The molecule has 0 spiro atoms. The van der Waals surface area contributed by atoms with Crippen molar-refractivity contribution in [2.45, 2.75) is 13.1 Å². The van der Waals surface area contributed by atoms with Gasteiger partial charge in [-0.15, -0.1) is 10.7 Å². The van der Waals surface area contributed by atoms with Crippen molar-refractivity contribution in [2.75, 3.05) is 63.9 Å². The Hall–Kier alpha value is -3.03. The minimum atomic E-state index is -4.58. The number of nitrogens with zero attached hydrogens (tertiary/aromatic N) is 4. The van der Waals surface area contributed by atoms with Crippen LogP contribution in [0.25, 0.3) is 10.9 Å². The second kappa shape index (κ2) is 12.2. The molecule has 0 radical (unpaired) electrons. The van der Waals surface area contributed by atoms with Crippen LogP contribution in [0, 0.1) is 12.7 Å². The highest BCUT2D eigenvalue weighted by molar-refractivity contribution is 7.85. The molecule has 0 aliphatic carbocycles. The summed E-state index contributed by atoms with van der Waals surface area (Å²) < 4.78 is 73.4. The first-order valence-electron chi connectivity index (χ1n) is 11.9. The molecule has 3 aromatic rings.